The minimum Gasteiger partial charge on any atom is -0.309 e. The van der Waals surface area contributed by atoms with Gasteiger partial charge in [0.1, 0.15) is 0 Å². The summed E-state index contributed by atoms with van der Waals surface area (Å²) in [5.41, 5.74) is 1.02. The molecule has 1 unspecified atom stereocenters. The van der Waals surface area contributed by atoms with Crippen molar-refractivity contribution in [2.75, 3.05) is 26.2 Å². The Labute approximate surface area is 103 Å². The fourth-order valence-electron chi connectivity index (χ4n) is 2.27. The van der Waals surface area contributed by atoms with Crippen molar-refractivity contribution in [1.82, 2.24) is 20.2 Å². The van der Waals surface area contributed by atoms with Gasteiger partial charge in [-0.15, -0.1) is 0 Å². The predicted octanol–water partition coefficient (Wildman–Crippen LogP) is 1.61. The molecule has 0 aromatic carbocycles. The van der Waals surface area contributed by atoms with E-state index in [1.165, 1.54) is 38.9 Å². The number of nitrogens with one attached hydrogen (secondary N) is 1. The maximum absolute atomic E-state index is 4.30. The van der Waals surface area contributed by atoms with E-state index >= 15 is 0 Å². The second-order valence-corrected chi connectivity index (χ2v) is 4.71. The highest BCUT2D eigenvalue weighted by Crippen LogP contribution is 2.08. The maximum Gasteiger partial charge on any atom is 0.0753 e. The van der Waals surface area contributed by atoms with E-state index in [4.69, 9.17) is 0 Å². The SMILES string of the molecule is CC(NCCCN1CCCC1)c1cnccn1. The fraction of sp³-hybridized carbons (Fsp3) is 0.692. The van der Waals surface area contributed by atoms with Gasteiger partial charge in [-0.3, -0.25) is 9.97 Å². The number of rotatable bonds is 6. The van der Waals surface area contributed by atoms with Crippen LogP contribution in [0.5, 0.6) is 0 Å². The van der Waals surface area contributed by atoms with Gasteiger partial charge in [0, 0.05) is 24.6 Å². The van der Waals surface area contributed by atoms with Crippen LogP contribution in [0, 0.1) is 0 Å². The van der Waals surface area contributed by atoms with Crippen LogP contribution in [0.3, 0.4) is 0 Å². The summed E-state index contributed by atoms with van der Waals surface area (Å²) < 4.78 is 0. The summed E-state index contributed by atoms with van der Waals surface area (Å²) in [6.07, 6.45) is 9.26. The fourth-order valence-corrected chi connectivity index (χ4v) is 2.27. The highest BCUT2D eigenvalue weighted by atomic mass is 15.1. The lowest BCUT2D eigenvalue weighted by Gasteiger charge is -2.16. The summed E-state index contributed by atoms with van der Waals surface area (Å²) in [5, 5.41) is 3.49. The highest BCUT2D eigenvalue weighted by Gasteiger charge is 2.11. The van der Waals surface area contributed by atoms with Crippen LogP contribution in [0.25, 0.3) is 0 Å². The third kappa shape index (κ3) is 4.06. The van der Waals surface area contributed by atoms with E-state index < -0.39 is 0 Å². The van der Waals surface area contributed by atoms with Crippen LogP contribution < -0.4 is 5.32 Å². The quantitative estimate of drug-likeness (QED) is 0.759. The molecule has 4 nitrogen and oxygen atoms in total. The maximum atomic E-state index is 4.30. The summed E-state index contributed by atoms with van der Waals surface area (Å²) >= 11 is 0. The Hall–Kier alpha value is -1.00. The van der Waals surface area contributed by atoms with Crippen molar-refractivity contribution < 1.29 is 0 Å². The second kappa shape index (κ2) is 6.67. The first-order chi connectivity index (χ1) is 8.36. The average molecular weight is 234 g/mol. The lowest BCUT2D eigenvalue weighted by molar-refractivity contribution is 0.328. The Bertz CT molecular complexity index is 308. The van der Waals surface area contributed by atoms with Crippen molar-refractivity contribution >= 4 is 0 Å². The molecule has 1 aromatic heterocycles. The van der Waals surface area contributed by atoms with Crippen molar-refractivity contribution in [2.45, 2.75) is 32.2 Å². The monoisotopic (exact) mass is 234 g/mol. The summed E-state index contributed by atoms with van der Waals surface area (Å²) in [5.74, 6) is 0. The van der Waals surface area contributed by atoms with E-state index in [1.807, 2.05) is 6.20 Å². The summed E-state index contributed by atoms with van der Waals surface area (Å²) in [6, 6.07) is 0.294. The zero-order valence-electron chi connectivity index (χ0n) is 10.6. The van der Waals surface area contributed by atoms with E-state index in [0.717, 1.165) is 12.2 Å². The number of likely N-dealkylation sites (tertiary alicyclic amines) is 1. The van der Waals surface area contributed by atoms with Gasteiger partial charge in [0.05, 0.1) is 5.69 Å². The first-order valence-corrected chi connectivity index (χ1v) is 6.58. The molecule has 17 heavy (non-hydrogen) atoms. The van der Waals surface area contributed by atoms with E-state index in [2.05, 4.69) is 27.1 Å². The van der Waals surface area contributed by atoms with Crippen molar-refractivity contribution in [2.24, 2.45) is 0 Å². The summed E-state index contributed by atoms with van der Waals surface area (Å²) in [4.78, 5) is 10.9. The Morgan fingerprint density at radius 2 is 2.18 bits per heavy atom. The van der Waals surface area contributed by atoms with Gasteiger partial charge in [0.2, 0.25) is 0 Å². The zero-order valence-corrected chi connectivity index (χ0v) is 10.6. The molecule has 1 aliphatic heterocycles. The molecule has 0 bridgehead atoms. The first-order valence-electron chi connectivity index (χ1n) is 6.58. The normalized spacial score (nSPS) is 18.4. The highest BCUT2D eigenvalue weighted by molar-refractivity contribution is 5.00. The van der Waals surface area contributed by atoms with E-state index in [-0.39, 0.29) is 0 Å². The minimum atomic E-state index is 0.294. The summed E-state index contributed by atoms with van der Waals surface area (Å²) in [6.45, 7) is 6.99. The van der Waals surface area contributed by atoms with Crippen LogP contribution in [-0.2, 0) is 0 Å². The number of nitrogens with zero attached hydrogens (tertiary/aromatic N) is 3. The van der Waals surface area contributed by atoms with E-state index in [0.29, 0.717) is 6.04 Å². The summed E-state index contributed by atoms with van der Waals surface area (Å²) in [7, 11) is 0. The Morgan fingerprint density at radius 1 is 1.35 bits per heavy atom. The van der Waals surface area contributed by atoms with Gasteiger partial charge < -0.3 is 10.2 Å². The molecular formula is C13H22N4. The van der Waals surface area contributed by atoms with Crippen LogP contribution in [-0.4, -0.2) is 41.0 Å². The van der Waals surface area contributed by atoms with E-state index in [1.54, 1.807) is 12.4 Å². The van der Waals surface area contributed by atoms with Crippen molar-refractivity contribution in [3.63, 3.8) is 0 Å². The topological polar surface area (TPSA) is 41.0 Å². The van der Waals surface area contributed by atoms with Gasteiger partial charge in [-0.1, -0.05) is 0 Å². The number of hydrogen-bond donors (Lipinski definition) is 1. The van der Waals surface area contributed by atoms with Gasteiger partial charge in [-0.05, 0) is 52.4 Å². The largest absolute Gasteiger partial charge is 0.309 e. The van der Waals surface area contributed by atoms with E-state index in [9.17, 15) is 0 Å². The molecule has 0 radical (unpaired) electrons. The van der Waals surface area contributed by atoms with Crippen molar-refractivity contribution in [3.05, 3.63) is 24.3 Å². The molecule has 0 spiro atoms. The van der Waals surface area contributed by atoms with Gasteiger partial charge in [-0.25, -0.2) is 0 Å². The molecule has 1 aliphatic rings. The van der Waals surface area contributed by atoms with Crippen LogP contribution in [0.15, 0.2) is 18.6 Å². The van der Waals surface area contributed by atoms with Crippen LogP contribution in [0.1, 0.15) is 37.9 Å². The Balaban J connectivity index is 1.61. The molecule has 94 valence electrons. The molecule has 1 saturated heterocycles. The Morgan fingerprint density at radius 3 is 2.88 bits per heavy atom. The molecule has 0 aliphatic carbocycles. The molecule has 2 rings (SSSR count). The third-order valence-electron chi connectivity index (χ3n) is 3.33. The predicted molar refractivity (Wildman–Crippen MR) is 68.7 cm³/mol. The molecule has 0 saturated carbocycles. The molecule has 1 aromatic rings. The zero-order chi connectivity index (χ0) is 11.9. The molecular weight excluding hydrogens is 212 g/mol. The average Bonchev–Trinajstić information content (AvgIpc) is 2.88. The standard InChI is InChI=1S/C13H22N4/c1-12(13-11-14-6-7-16-13)15-5-4-10-17-8-2-3-9-17/h6-7,11-12,15H,2-5,8-10H2,1H3. The van der Waals surface area contributed by atoms with Gasteiger partial charge >= 0.3 is 0 Å². The van der Waals surface area contributed by atoms with Gasteiger partial charge in [0.15, 0.2) is 0 Å². The van der Waals surface area contributed by atoms with Crippen LogP contribution >= 0.6 is 0 Å². The molecule has 1 N–H and O–H groups in total. The molecule has 1 fully saturated rings. The third-order valence-corrected chi connectivity index (χ3v) is 3.33. The lowest BCUT2D eigenvalue weighted by atomic mass is 10.2. The molecule has 0 amide bonds. The van der Waals surface area contributed by atoms with Gasteiger partial charge in [0.25, 0.3) is 0 Å². The van der Waals surface area contributed by atoms with Crippen LogP contribution in [0.2, 0.25) is 0 Å². The lowest BCUT2D eigenvalue weighted by Crippen LogP contribution is -2.26. The second-order valence-electron chi connectivity index (χ2n) is 4.71. The van der Waals surface area contributed by atoms with Crippen molar-refractivity contribution in [3.8, 4) is 0 Å². The number of hydrogen-bond acceptors (Lipinski definition) is 4. The van der Waals surface area contributed by atoms with Crippen LogP contribution in [0.4, 0.5) is 0 Å². The molecule has 1 atom stereocenters. The van der Waals surface area contributed by atoms with Crippen molar-refractivity contribution in [1.29, 1.82) is 0 Å². The number of aromatic nitrogens is 2. The first kappa shape index (κ1) is 12.5. The molecule has 4 heteroatoms. The smallest absolute Gasteiger partial charge is 0.0753 e. The minimum absolute atomic E-state index is 0.294. The van der Waals surface area contributed by atoms with Gasteiger partial charge in [-0.2, -0.15) is 0 Å². The Kier molecular flexibility index (Phi) is 4.88. The molecule has 2 heterocycles.